The summed E-state index contributed by atoms with van der Waals surface area (Å²) in [4.78, 5) is 23.1. The number of nitrogens with zero attached hydrogens (tertiary/aromatic N) is 1. The molecule has 0 radical (unpaired) electrons. The van der Waals surface area contributed by atoms with E-state index in [1.165, 1.54) is 13.0 Å². The molecule has 0 saturated heterocycles. The fourth-order valence-electron chi connectivity index (χ4n) is 2.75. The zero-order valence-corrected chi connectivity index (χ0v) is 15.3. The predicted molar refractivity (Wildman–Crippen MR) is 97.4 cm³/mol. The summed E-state index contributed by atoms with van der Waals surface area (Å²) in [5.74, 6) is -1.61. The normalized spacial score (nSPS) is 14.4. The lowest BCUT2D eigenvalue weighted by Gasteiger charge is -2.24. The highest BCUT2D eigenvalue weighted by molar-refractivity contribution is 7.92. The second-order valence-corrected chi connectivity index (χ2v) is 8.04. The average molecular weight is 395 g/mol. The number of carboxylic acid groups (broad SMARTS) is 1. The minimum absolute atomic E-state index is 0.00967. The van der Waals surface area contributed by atoms with E-state index in [-0.39, 0.29) is 34.4 Å². The number of aryl methyl sites for hydroxylation is 1. The molecule has 1 heterocycles. The number of para-hydroxylation sites is 2. The van der Waals surface area contributed by atoms with Crippen LogP contribution in [-0.2, 0) is 14.8 Å². The van der Waals surface area contributed by atoms with Crippen molar-refractivity contribution in [1.82, 2.24) is 0 Å². The van der Waals surface area contributed by atoms with Gasteiger partial charge >= 0.3 is 5.97 Å². The van der Waals surface area contributed by atoms with E-state index < -0.39 is 16.0 Å². The van der Waals surface area contributed by atoms with Crippen molar-refractivity contribution in [3.05, 3.63) is 52.5 Å². The number of hydrogen-bond donors (Lipinski definition) is 2. The summed E-state index contributed by atoms with van der Waals surface area (Å²) >= 11 is 5.98. The van der Waals surface area contributed by atoms with E-state index in [4.69, 9.17) is 11.6 Å². The number of carboxylic acids is 1. The largest absolute Gasteiger partial charge is 0.478 e. The van der Waals surface area contributed by atoms with Gasteiger partial charge < -0.3 is 10.4 Å². The van der Waals surface area contributed by atoms with Crippen molar-refractivity contribution in [3.63, 3.8) is 0 Å². The molecule has 0 atom stereocenters. The fraction of sp³-hybridized carbons (Fsp3) is 0.176. The van der Waals surface area contributed by atoms with E-state index in [2.05, 4.69) is 5.32 Å². The minimum atomic E-state index is -4.10. The number of nitrogens with one attached hydrogen (secondary N) is 1. The molecule has 2 N–H and O–H groups in total. The van der Waals surface area contributed by atoms with Crippen LogP contribution in [0.3, 0.4) is 0 Å². The zero-order valence-electron chi connectivity index (χ0n) is 13.7. The van der Waals surface area contributed by atoms with Crippen molar-refractivity contribution in [2.24, 2.45) is 0 Å². The minimum Gasteiger partial charge on any atom is -0.478 e. The highest BCUT2D eigenvalue weighted by Gasteiger charge is 2.31. The number of carbonyl (C=O) groups excluding carboxylic acids is 1. The van der Waals surface area contributed by atoms with Gasteiger partial charge in [0.25, 0.3) is 10.0 Å². The van der Waals surface area contributed by atoms with Gasteiger partial charge in [-0.2, -0.15) is 0 Å². The number of sulfonamides is 1. The molecule has 0 saturated carbocycles. The van der Waals surface area contributed by atoms with Crippen LogP contribution in [0.4, 0.5) is 11.4 Å². The molecule has 0 fully saturated rings. The Labute approximate surface area is 155 Å². The molecule has 9 heteroatoms. The number of rotatable bonds is 3. The SMILES string of the molecule is Cc1cc(S(=O)(=O)N2CCC(=O)Nc3ccccc32)cc(C(=O)O)c1Cl. The van der Waals surface area contributed by atoms with Gasteiger partial charge in [-0.1, -0.05) is 23.7 Å². The summed E-state index contributed by atoms with van der Waals surface area (Å²) in [7, 11) is -4.10. The molecule has 0 unspecified atom stereocenters. The van der Waals surface area contributed by atoms with Gasteiger partial charge in [0.05, 0.1) is 26.9 Å². The summed E-state index contributed by atoms with van der Waals surface area (Å²) in [6, 6.07) is 8.90. The third-order valence-electron chi connectivity index (χ3n) is 4.04. The number of aromatic carboxylic acids is 1. The van der Waals surface area contributed by atoms with Gasteiger partial charge in [0.1, 0.15) is 0 Å². The van der Waals surface area contributed by atoms with Gasteiger partial charge in [0, 0.05) is 13.0 Å². The standard InChI is InChI=1S/C17H15ClN2O5S/c1-10-8-11(9-12(16(10)18)17(22)23)26(24,25)20-7-6-15(21)19-13-4-2-3-5-14(13)20/h2-5,8-9H,6-7H2,1H3,(H,19,21)(H,22,23). The lowest BCUT2D eigenvalue weighted by Crippen LogP contribution is -2.32. The summed E-state index contributed by atoms with van der Waals surface area (Å²) in [6.07, 6.45) is -0.0216. The molecule has 136 valence electrons. The van der Waals surface area contributed by atoms with Crippen molar-refractivity contribution in [2.45, 2.75) is 18.2 Å². The molecule has 2 aromatic rings. The number of carbonyl (C=O) groups is 2. The first-order valence-electron chi connectivity index (χ1n) is 7.67. The van der Waals surface area contributed by atoms with Crippen molar-refractivity contribution >= 4 is 44.9 Å². The maximum atomic E-state index is 13.2. The summed E-state index contributed by atoms with van der Waals surface area (Å²) in [5.41, 5.74) is 0.746. The Morgan fingerprint density at radius 3 is 2.65 bits per heavy atom. The lowest BCUT2D eigenvalue weighted by molar-refractivity contribution is -0.115. The molecule has 0 bridgehead atoms. The van der Waals surface area contributed by atoms with Crippen molar-refractivity contribution in [1.29, 1.82) is 0 Å². The number of hydrogen-bond acceptors (Lipinski definition) is 4. The van der Waals surface area contributed by atoms with Gasteiger partial charge in [-0.15, -0.1) is 0 Å². The average Bonchev–Trinajstić information content (AvgIpc) is 2.75. The van der Waals surface area contributed by atoms with Crippen LogP contribution in [0.1, 0.15) is 22.3 Å². The highest BCUT2D eigenvalue weighted by atomic mass is 35.5. The van der Waals surface area contributed by atoms with Crippen LogP contribution in [0.5, 0.6) is 0 Å². The highest BCUT2D eigenvalue weighted by Crippen LogP contribution is 2.34. The first-order valence-corrected chi connectivity index (χ1v) is 9.48. The molecule has 1 amide bonds. The van der Waals surface area contributed by atoms with Crippen LogP contribution >= 0.6 is 11.6 Å². The van der Waals surface area contributed by atoms with E-state index in [1.807, 2.05) is 0 Å². The molecule has 0 aromatic heterocycles. The van der Waals surface area contributed by atoms with Gasteiger partial charge in [0.2, 0.25) is 5.91 Å². The van der Waals surface area contributed by atoms with Crippen LogP contribution in [-0.4, -0.2) is 31.9 Å². The van der Waals surface area contributed by atoms with E-state index in [9.17, 15) is 23.1 Å². The summed E-state index contributed by atoms with van der Waals surface area (Å²) in [5, 5.41) is 11.9. The van der Waals surface area contributed by atoms with Crippen molar-refractivity contribution in [2.75, 3.05) is 16.2 Å². The molecule has 0 aliphatic carbocycles. The molecule has 7 nitrogen and oxygen atoms in total. The van der Waals surface area contributed by atoms with Gasteiger partial charge in [-0.05, 0) is 36.8 Å². The Morgan fingerprint density at radius 2 is 1.96 bits per heavy atom. The number of halogens is 1. The Morgan fingerprint density at radius 1 is 1.27 bits per heavy atom. The lowest BCUT2D eigenvalue weighted by atomic mass is 10.1. The monoisotopic (exact) mass is 394 g/mol. The molecule has 26 heavy (non-hydrogen) atoms. The van der Waals surface area contributed by atoms with E-state index in [0.29, 0.717) is 16.9 Å². The predicted octanol–water partition coefficient (Wildman–Crippen LogP) is 2.88. The molecular formula is C17H15ClN2O5S. The topological polar surface area (TPSA) is 104 Å². The Kier molecular flexibility index (Phi) is 4.64. The maximum absolute atomic E-state index is 13.2. The molecule has 1 aliphatic heterocycles. The van der Waals surface area contributed by atoms with E-state index in [1.54, 1.807) is 24.3 Å². The maximum Gasteiger partial charge on any atom is 0.337 e. The number of fused-ring (bicyclic) bond motifs is 1. The summed E-state index contributed by atoms with van der Waals surface area (Å²) < 4.78 is 27.5. The van der Waals surface area contributed by atoms with Crippen LogP contribution in [0, 0.1) is 6.92 Å². The third kappa shape index (κ3) is 3.13. The van der Waals surface area contributed by atoms with Crippen LogP contribution < -0.4 is 9.62 Å². The smallest absolute Gasteiger partial charge is 0.337 e. The number of benzene rings is 2. The second kappa shape index (κ2) is 6.62. The number of amides is 1. The van der Waals surface area contributed by atoms with Gasteiger partial charge in [-0.3, -0.25) is 9.10 Å². The van der Waals surface area contributed by atoms with Crippen molar-refractivity contribution in [3.8, 4) is 0 Å². The third-order valence-corrected chi connectivity index (χ3v) is 6.33. The van der Waals surface area contributed by atoms with E-state index in [0.717, 1.165) is 10.4 Å². The molecular weight excluding hydrogens is 380 g/mol. The van der Waals surface area contributed by atoms with Crippen LogP contribution in [0.25, 0.3) is 0 Å². The summed E-state index contributed by atoms with van der Waals surface area (Å²) in [6.45, 7) is 1.48. The second-order valence-electron chi connectivity index (χ2n) is 5.80. The molecule has 2 aromatic carbocycles. The Balaban J connectivity index is 2.18. The van der Waals surface area contributed by atoms with Gasteiger partial charge in [-0.25, -0.2) is 13.2 Å². The molecule has 3 rings (SSSR count). The molecule has 1 aliphatic rings. The zero-order chi connectivity index (χ0) is 19.1. The fourth-order valence-corrected chi connectivity index (χ4v) is 4.54. The van der Waals surface area contributed by atoms with Crippen LogP contribution in [0.15, 0.2) is 41.3 Å². The molecule has 0 spiro atoms. The number of anilines is 2. The van der Waals surface area contributed by atoms with Crippen molar-refractivity contribution < 1.29 is 23.1 Å². The first-order chi connectivity index (χ1) is 12.2. The van der Waals surface area contributed by atoms with E-state index >= 15 is 0 Å². The van der Waals surface area contributed by atoms with Crippen LogP contribution in [0.2, 0.25) is 5.02 Å². The van der Waals surface area contributed by atoms with Gasteiger partial charge in [0.15, 0.2) is 0 Å². The Bertz CT molecular complexity index is 1020. The first kappa shape index (κ1) is 18.2. The Hall–Kier alpha value is -2.58. The quantitative estimate of drug-likeness (QED) is 0.833.